The van der Waals surface area contributed by atoms with Gasteiger partial charge in [-0.1, -0.05) is 24.6 Å². The van der Waals surface area contributed by atoms with Gasteiger partial charge in [-0.15, -0.1) is 0 Å². The summed E-state index contributed by atoms with van der Waals surface area (Å²) in [4.78, 5) is 24.5. The molecule has 0 bridgehead atoms. The molecular weight excluding hydrogens is 370 g/mol. The van der Waals surface area contributed by atoms with Crippen LogP contribution >= 0.6 is 11.6 Å². The SMILES string of the molecule is CCc1c(C(=O)NCC2(C(=O)O)CCOCC2)cnn1-c1cccc(Cl)c1. The molecule has 1 aromatic heterocycles. The lowest BCUT2D eigenvalue weighted by Gasteiger charge is -2.33. The number of benzene rings is 1. The first-order chi connectivity index (χ1) is 13.0. The Kier molecular flexibility index (Phi) is 5.82. The summed E-state index contributed by atoms with van der Waals surface area (Å²) in [5.41, 5.74) is 0.962. The molecule has 144 valence electrons. The van der Waals surface area contributed by atoms with Crippen molar-refractivity contribution >= 4 is 23.5 Å². The third-order valence-corrected chi connectivity index (χ3v) is 5.23. The molecule has 0 spiro atoms. The van der Waals surface area contributed by atoms with E-state index in [1.807, 2.05) is 19.1 Å². The molecule has 0 radical (unpaired) electrons. The number of nitrogens with zero attached hydrogens (tertiary/aromatic N) is 2. The Labute approximate surface area is 162 Å². The van der Waals surface area contributed by atoms with Crippen molar-refractivity contribution in [1.82, 2.24) is 15.1 Å². The van der Waals surface area contributed by atoms with Crippen LogP contribution < -0.4 is 5.32 Å². The fraction of sp³-hybridized carbons (Fsp3) is 0.421. The Morgan fingerprint density at radius 1 is 1.37 bits per heavy atom. The molecule has 2 aromatic rings. The normalized spacial score (nSPS) is 16.1. The van der Waals surface area contributed by atoms with Crippen LogP contribution in [0.15, 0.2) is 30.5 Å². The van der Waals surface area contributed by atoms with Crippen LogP contribution in [-0.2, 0) is 16.0 Å². The summed E-state index contributed by atoms with van der Waals surface area (Å²) < 4.78 is 6.95. The molecule has 1 saturated heterocycles. The summed E-state index contributed by atoms with van der Waals surface area (Å²) >= 11 is 6.05. The first-order valence-corrected chi connectivity index (χ1v) is 9.27. The monoisotopic (exact) mass is 391 g/mol. The Balaban J connectivity index is 1.80. The number of carboxylic acid groups (broad SMARTS) is 1. The Morgan fingerprint density at radius 3 is 2.74 bits per heavy atom. The fourth-order valence-electron chi connectivity index (χ4n) is 3.31. The van der Waals surface area contributed by atoms with Gasteiger partial charge in [0.15, 0.2) is 0 Å². The summed E-state index contributed by atoms with van der Waals surface area (Å²) in [5.74, 6) is -1.23. The molecule has 2 N–H and O–H groups in total. The van der Waals surface area contributed by atoms with Crippen LogP contribution in [0.3, 0.4) is 0 Å². The van der Waals surface area contributed by atoms with E-state index in [9.17, 15) is 14.7 Å². The van der Waals surface area contributed by atoms with Gasteiger partial charge in [-0.05, 0) is 37.5 Å². The van der Waals surface area contributed by atoms with Crippen LogP contribution in [0, 0.1) is 5.41 Å². The minimum atomic E-state index is -0.983. The van der Waals surface area contributed by atoms with E-state index < -0.39 is 11.4 Å². The minimum Gasteiger partial charge on any atom is -0.481 e. The van der Waals surface area contributed by atoms with Crippen molar-refractivity contribution in [3.05, 3.63) is 46.7 Å². The van der Waals surface area contributed by atoms with Gasteiger partial charge in [0.05, 0.1) is 28.6 Å². The van der Waals surface area contributed by atoms with E-state index in [1.165, 1.54) is 6.20 Å². The highest BCUT2D eigenvalue weighted by atomic mass is 35.5. The zero-order chi connectivity index (χ0) is 19.4. The molecule has 2 heterocycles. The van der Waals surface area contributed by atoms with Crippen molar-refractivity contribution in [2.24, 2.45) is 5.41 Å². The maximum absolute atomic E-state index is 12.7. The molecule has 1 aliphatic heterocycles. The highest BCUT2D eigenvalue weighted by molar-refractivity contribution is 6.30. The topological polar surface area (TPSA) is 93.5 Å². The number of carbonyl (C=O) groups is 2. The number of aromatic nitrogens is 2. The van der Waals surface area contributed by atoms with E-state index in [-0.39, 0.29) is 12.5 Å². The lowest BCUT2D eigenvalue weighted by Crippen LogP contribution is -2.46. The van der Waals surface area contributed by atoms with Crippen LogP contribution in [-0.4, -0.2) is 46.5 Å². The van der Waals surface area contributed by atoms with Gasteiger partial charge in [0, 0.05) is 24.8 Å². The molecule has 27 heavy (non-hydrogen) atoms. The summed E-state index contributed by atoms with van der Waals surface area (Å²) in [6.45, 7) is 2.77. The fourth-order valence-corrected chi connectivity index (χ4v) is 3.49. The zero-order valence-corrected chi connectivity index (χ0v) is 15.8. The van der Waals surface area contributed by atoms with Crippen molar-refractivity contribution in [3.63, 3.8) is 0 Å². The Bertz CT molecular complexity index is 843. The maximum Gasteiger partial charge on any atom is 0.311 e. The maximum atomic E-state index is 12.7. The van der Waals surface area contributed by atoms with E-state index in [4.69, 9.17) is 16.3 Å². The molecule has 1 fully saturated rings. The van der Waals surface area contributed by atoms with Gasteiger partial charge >= 0.3 is 5.97 Å². The van der Waals surface area contributed by atoms with Crippen molar-refractivity contribution in [2.75, 3.05) is 19.8 Å². The number of halogens is 1. The van der Waals surface area contributed by atoms with Crippen LogP contribution in [0.1, 0.15) is 35.8 Å². The second kappa shape index (κ2) is 8.10. The van der Waals surface area contributed by atoms with E-state index in [0.29, 0.717) is 43.1 Å². The van der Waals surface area contributed by atoms with E-state index >= 15 is 0 Å². The lowest BCUT2D eigenvalue weighted by molar-refractivity contribution is -0.154. The molecule has 0 atom stereocenters. The van der Waals surface area contributed by atoms with Crippen LogP contribution in [0.4, 0.5) is 0 Å². The molecule has 1 aromatic carbocycles. The second-order valence-electron chi connectivity index (χ2n) is 6.63. The van der Waals surface area contributed by atoms with E-state index in [1.54, 1.807) is 16.8 Å². The van der Waals surface area contributed by atoms with Gasteiger partial charge in [0.1, 0.15) is 0 Å². The average Bonchev–Trinajstić information content (AvgIpc) is 3.11. The van der Waals surface area contributed by atoms with Gasteiger partial charge in [0.25, 0.3) is 5.91 Å². The predicted molar refractivity (Wildman–Crippen MR) is 100 cm³/mol. The molecule has 8 heteroatoms. The molecule has 0 aliphatic carbocycles. The average molecular weight is 392 g/mol. The van der Waals surface area contributed by atoms with Crippen molar-refractivity contribution in [1.29, 1.82) is 0 Å². The number of aliphatic carboxylic acids is 1. The van der Waals surface area contributed by atoms with Gasteiger partial charge in [0.2, 0.25) is 0 Å². The van der Waals surface area contributed by atoms with Crippen molar-refractivity contribution in [3.8, 4) is 5.69 Å². The quantitative estimate of drug-likeness (QED) is 0.789. The summed E-state index contributed by atoms with van der Waals surface area (Å²) in [6, 6.07) is 7.23. The molecule has 1 amide bonds. The standard InChI is InChI=1S/C19H22ClN3O4/c1-2-16-15(11-22-23(16)14-5-3-4-13(20)10-14)17(24)21-12-19(18(25)26)6-8-27-9-7-19/h3-5,10-11H,2,6-9,12H2,1H3,(H,21,24)(H,25,26). The highest BCUT2D eigenvalue weighted by Gasteiger charge is 2.40. The van der Waals surface area contributed by atoms with Crippen molar-refractivity contribution < 1.29 is 19.4 Å². The first kappa shape index (κ1) is 19.4. The molecule has 7 nitrogen and oxygen atoms in total. The van der Waals surface area contributed by atoms with Gasteiger partial charge < -0.3 is 15.2 Å². The molecule has 0 unspecified atom stereocenters. The first-order valence-electron chi connectivity index (χ1n) is 8.89. The molecule has 0 saturated carbocycles. The number of carboxylic acids is 1. The number of hydrogen-bond acceptors (Lipinski definition) is 4. The number of ether oxygens (including phenoxy) is 1. The summed E-state index contributed by atoms with van der Waals surface area (Å²) in [7, 11) is 0. The highest BCUT2D eigenvalue weighted by Crippen LogP contribution is 2.30. The van der Waals surface area contributed by atoms with Crippen molar-refractivity contribution in [2.45, 2.75) is 26.2 Å². The number of hydrogen-bond donors (Lipinski definition) is 2. The summed E-state index contributed by atoms with van der Waals surface area (Å²) in [6.07, 6.45) is 2.86. The molecular formula is C19H22ClN3O4. The number of carbonyl (C=O) groups excluding carboxylic acids is 1. The van der Waals surface area contributed by atoms with Gasteiger partial charge in [-0.25, -0.2) is 4.68 Å². The van der Waals surface area contributed by atoms with Crippen LogP contribution in [0.25, 0.3) is 5.69 Å². The van der Waals surface area contributed by atoms with E-state index in [0.717, 1.165) is 11.4 Å². The lowest BCUT2D eigenvalue weighted by atomic mass is 9.80. The largest absolute Gasteiger partial charge is 0.481 e. The van der Waals surface area contributed by atoms with E-state index in [2.05, 4.69) is 10.4 Å². The van der Waals surface area contributed by atoms with Crippen LogP contribution in [0.2, 0.25) is 5.02 Å². The van der Waals surface area contributed by atoms with Crippen LogP contribution in [0.5, 0.6) is 0 Å². The molecule has 1 aliphatic rings. The number of nitrogens with one attached hydrogen (secondary N) is 1. The Hall–Kier alpha value is -2.38. The predicted octanol–water partition coefficient (Wildman–Crippen LogP) is 2.70. The van der Waals surface area contributed by atoms with Gasteiger partial charge in [-0.3, -0.25) is 9.59 Å². The summed E-state index contributed by atoms with van der Waals surface area (Å²) in [5, 5.41) is 17.3. The second-order valence-corrected chi connectivity index (χ2v) is 7.07. The Morgan fingerprint density at radius 2 is 2.11 bits per heavy atom. The molecule has 3 rings (SSSR count). The zero-order valence-electron chi connectivity index (χ0n) is 15.1. The van der Waals surface area contributed by atoms with Gasteiger partial charge in [-0.2, -0.15) is 5.10 Å². The third kappa shape index (κ3) is 3.99. The smallest absolute Gasteiger partial charge is 0.311 e. The number of amides is 1. The minimum absolute atomic E-state index is 0.0655. The third-order valence-electron chi connectivity index (χ3n) is 4.99. The number of rotatable bonds is 6.